The molecule has 1 rings (SSSR count). The van der Waals surface area contributed by atoms with E-state index < -0.39 is 5.97 Å². The fraction of sp³-hybridized carbons (Fsp3) is 0.125. The van der Waals surface area contributed by atoms with Crippen LogP contribution in [0.5, 0.6) is 5.75 Å². The first-order chi connectivity index (χ1) is 6.19. The Morgan fingerprint density at radius 1 is 1.69 bits per heavy atom. The smallest absolute Gasteiger partial charge is 0.358 e. The lowest BCUT2D eigenvalue weighted by molar-refractivity contribution is 0.0686. The van der Waals surface area contributed by atoms with Gasteiger partial charge in [-0.2, -0.15) is 5.26 Å². The van der Waals surface area contributed by atoms with E-state index in [0.29, 0.717) is 0 Å². The summed E-state index contributed by atoms with van der Waals surface area (Å²) in [6.45, 7) is 0. The molecule has 0 fully saturated rings. The molecule has 0 bridgehead atoms. The summed E-state index contributed by atoms with van der Waals surface area (Å²) in [5.74, 6) is -1.07. The van der Waals surface area contributed by atoms with E-state index in [4.69, 9.17) is 15.1 Å². The molecule has 1 heterocycles. The molecule has 0 amide bonds. The predicted octanol–water partition coefficient (Wildman–Crippen LogP) is 0.660. The van der Waals surface area contributed by atoms with Crippen LogP contribution in [-0.4, -0.2) is 23.2 Å². The Hall–Kier alpha value is -2.09. The molecule has 0 spiro atoms. The van der Waals surface area contributed by atoms with E-state index in [9.17, 15) is 4.79 Å². The molecular formula is C8H6N2O3. The number of nitriles is 1. The van der Waals surface area contributed by atoms with Gasteiger partial charge in [-0.05, 0) is 12.1 Å². The van der Waals surface area contributed by atoms with Gasteiger partial charge in [0.2, 0.25) is 0 Å². The van der Waals surface area contributed by atoms with Crippen molar-refractivity contribution in [3.63, 3.8) is 0 Å². The summed E-state index contributed by atoms with van der Waals surface area (Å²) in [7, 11) is 1.34. The Labute approximate surface area is 74.2 Å². The number of methoxy groups -OCH3 is 1. The highest BCUT2D eigenvalue weighted by Crippen LogP contribution is 2.15. The second kappa shape index (κ2) is 3.54. The zero-order valence-electron chi connectivity index (χ0n) is 6.81. The van der Waals surface area contributed by atoms with Crippen LogP contribution in [0.25, 0.3) is 0 Å². The number of hydrogen-bond donors (Lipinski definition) is 1. The van der Waals surface area contributed by atoms with Crippen LogP contribution in [0.2, 0.25) is 0 Å². The number of carboxylic acid groups (broad SMARTS) is 1. The van der Waals surface area contributed by atoms with Crippen LogP contribution in [0.3, 0.4) is 0 Å². The van der Waals surface area contributed by atoms with Gasteiger partial charge in [-0.1, -0.05) is 0 Å². The average Bonchev–Trinajstić information content (AvgIpc) is 2.16. The summed E-state index contributed by atoms with van der Waals surface area (Å²) in [5, 5.41) is 17.1. The molecule has 0 aliphatic rings. The lowest BCUT2D eigenvalue weighted by Gasteiger charge is -2.02. The molecule has 0 aromatic carbocycles. The molecule has 0 aliphatic heterocycles. The zero-order valence-corrected chi connectivity index (χ0v) is 6.81. The Balaban J connectivity index is 3.28. The van der Waals surface area contributed by atoms with Crippen LogP contribution in [0.15, 0.2) is 12.1 Å². The third-order valence-electron chi connectivity index (χ3n) is 1.40. The largest absolute Gasteiger partial charge is 0.494 e. The van der Waals surface area contributed by atoms with E-state index in [0.717, 1.165) is 0 Å². The van der Waals surface area contributed by atoms with E-state index in [2.05, 4.69) is 4.98 Å². The van der Waals surface area contributed by atoms with E-state index in [1.54, 1.807) is 6.07 Å². The maximum atomic E-state index is 10.6. The zero-order chi connectivity index (χ0) is 9.84. The molecule has 0 aliphatic carbocycles. The van der Waals surface area contributed by atoms with Gasteiger partial charge >= 0.3 is 5.97 Å². The van der Waals surface area contributed by atoms with Crippen molar-refractivity contribution in [1.29, 1.82) is 5.26 Å². The van der Waals surface area contributed by atoms with Gasteiger partial charge < -0.3 is 9.84 Å². The van der Waals surface area contributed by atoms with Crippen LogP contribution < -0.4 is 4.74 Å². The fourth-order valence-electron chi connectivity index (χ4n) is 0.827. The van der Waals surface area contributed by atoms with Gasteiger partial charge in [0.05, 0.1) is 7.11 Å². The first kappa shape index (κ1) is 9.00. The summed E-state index contributed by atoms with van der Waals surface area (Å²) in [5.41, 5.74) is -0.195. The average molecular weight is 178 g/mol. The van der Waals surface area contributed by atoms with Crippen molar-refractivity contribution in [2.24, 2.45) is 0 Å². The van der Waals surface area contributed by atoms with Gasteiger partial charge in [0.1, 0.15) is 11.8 Å². The Kier molecular flexibility index (Phi) is 2.45. The second-order valence-electron chi connectivity index (χ2n) is 2.16. The van der Waals surface area contributed by atoms with E-state index in [1.807, 2.05) is 0 Å². The molecule has 0 atom stereocenters. The number of ether oxygens (including phenoxy) is 1. The van der Waals surface area contributed by atoms with Crippen molar-refractivity contribution in [2.75, 3.05) is 7.11 Å². The molecule has 1 N–H and O–H groups in total. The lowest BCUT2D eigenvalue weighted by Crippen LogP contribution is -2.04. The van der Waals surface area contributed by atoms with Crippen LogP contribution >= 0.6 is 0 Å². The van der Waals surface area contributed by atoms with Gasteiger partial charge in [0, 0.05) is 0 Å². The number of carbonyl (C=O) groups is 1. The Morgan fingerprint density at radius 2 is 2.38 bits per heavy atom. The highest BCUT2D eigenvalue weighted by molar-refractivity contribution is 5.88. The molecule has 5 heteroatoms. The monoisotopic (exact) mass is 178 g/mol. The minimum atomic E-state index is -1.21. The summed E-state index contributed by atoms with van der Waals surface area (Å²) < 4.78 is 4.75. The summed E-state index contributed by atoms with van der Waals surface area (Å²) >= 11 is 0. The SMILES string of the molecule is COc1ccc(C#N)nc1C(=O)O. The predicted molar refractivity (Wildman–Crippen MR) is 42.5 cm³/mol. The number of hydrogen-bond acceptors (Lipinski definition) is 4. The molecular weight excluding hydrogens is 172 g/mol. The highest BCUT2D eigenvalue weighted by atomic mass is 16.5. The van der Waals surface area contributed by atoms with Gasteiger partial charge in [-0.3, -0.25) is 0 Å². The number of carboxylic acids is 1. The molecule has 5 nitrogen and oxygen atoms in total. The highest BCUT2D eigenvalue weighted by Gasteiger charge is 2.12. The third kappa shape index (κ3) is 1.73. The van der Waals surface area contributed by atoms with Gasteiger partial charge in [0.25, 0.3) is 0 Å². The maximum absolute atomic E-state index is 10.6. The first-order valence-electron chi connectivity index (χ1n) is 3.37. The summed E-state index contributed by atoms with van der Waals surface area (Å²) in [6.07, 6.45) is 0. The summed E-state index contributed by atoms with van der Waals surface area (Å²) in [6, 6.07) is 4.54. The molecule has 66 valence electrons. The quantitative estimate of drug-likeness (QED) is 0.719. The minimum absolute atomic E-state index is 0.0539. The minimum Gasteiger partial charge on any atom is -0.494 e. The standard InChI is InChI=1S/C8H6N2O3/c1-13-6-3-2-5(4-9)10-7(6)8(11)12/h2-3H,1H3,(H,11,12). The van der Waals surface area contributed by atoms with Crippen molar-refractivity contribution in [2.45, 2.75) is 0 Å². The first-order valence-corrected chi connectivity index (χ1v) is 3.37. The second-order valence-corrected chi connectivity index (χ2v) is 2.16. The Morgan fingerprint density at radius 3 is 2.85 bits per heavy atom. The van der Waals surface area contributed by atoms with Gasteiger partial charge in [0.15, 0.2) is 11.4 Å². The molecule has 0 radical (unpaired) electrons. The summed E-state index contributed by atoms with van der Waals surface area (Å²) in [4.78, 5) is 14.2. The molecule has 1 aromatic rings. The number of pyridine rings is 1. The van der Waals surface area contributed by atoms with Gasteiger partial charge in [-0.25, -0.2) is 9.78 Å². The third-order valence-corrected chi connectivity index (χ3v) is 1.40. The van der Waals surface area contributed by atoms with Crippen molar-refractivity contribution >= 4 is 5.97 Å². The van der Waals surface area contributed by atoms with E-state index in [-0.39, 0.29) is 17.1 Å². The maximum Gasteiger partial charge on any atom is 0.358 e. The van der Waals surface area contributed by atoms with Crippen molar-refractivity contribution in [1.82, 2.24) is 4.98 Å². The van der Waals surface area contributed by atoms with Crippen LogP contribution in [0.4, 0.5) is 0 Å². The number of nitrogens with zero attached hydrogens (tertiary/aromatic N) is 2. The van der Waals surface area contributed by atoms with Gasteiger partial charge in [-0.15, -0.1) is 0 Å². The molecule has 0 saturated carbocycles. The Bertz CT molecular complexity index is 381. The van der Waals surface area contributed by atoms with Crippen LogP contribution in [0, 0.1) is 11.3 Å². The van der Waals surface area contributed by atoms with E-state index >= 15 is 0 Å². The number of aromatic nitrogens is 1. The van der Waals surface area contributed by atoms with Crippen LogP contribution in [0.1, 0.15) is 16.2 Å². The fourth-order valence-corrected chi connectivity index (χ4v) is 0.827. The molecule has 1 aromatic heterocycles. The number of aromatic carboxylic acids is 1. The molecule has 0 unspecified atom stereocenters. The lowest BCUT2D eigenvalue weighted by atomic mass is 10.3. The van der Waals surface area contributed by atoms with Crippen LogP contribution in [-0.2, 0) is 0 Å². The van der Waals surface area contributed by atoms with Crippen molar-refractivity contribution < 1.29 is 14.6 Å². The van der Waals surface area contributed by atoms with Crippen molar-refractivity contribution in [3.8, 4) is 11.8 Å². The molecule has 13 heavy (non-hydrogen) atoms. The molecule has 0 saturated heterocycles. The van der Waals surface area contributed by atoms with E-state index in [1.165, 1.54) is 19.2 Å². The topological polar surface area (TPSA) is 83.2 Å². The normalized spacial score (nSPS) is 8.92. The number of rotatable bonds is 2. The van der Waals surface area contributed by atoms with Crippen molar-refractivity contribution in [3.05, 3.63) is 23.5 Å².